The first-order chi connectivity index (χ1) is 14.7. The summed E-state index contributed by atoms with van der Waals surface area (Å²) in [5.74, 6) is 0.346. The zero-order valence-corrected chi connectivity index (χ0v) is 15.9. The molecule has 0 fully saturated rings. The van der Waals surface area contributed by atoms with Gasteiger partial charge in [0.2, 0.25) is 5.78 Å². The summed E-state index contributed by atoms with van der Waals surface area (Å²) in [7, 11) is 1.56. The van der Waals surface area contributed by atoms with Crippen molar-refractivity contribution in [2.45, 2.75) is 0 Å². The molecule has 5 rings (SSSR count). The fourth-order valence-corrected chi connectivity index (χ4v) is 3.53. The second kappa shape index (κ2) is 7.00. The van der Waals surface area contributed by atoms with E-state index in [-0.39, 0.29) is 16.9 Å². The SMILES string of the molecule is COc1ccc(C(=O)c2oc3c(c2-c2cccnc2)c(=O)oc2ccccc23)cc1. The van der Waals surface area contributed by atoms with Crippen molar-refractivity contribution in [1.82, 2.24) is 4.98 Å². The van der Waals surface area contributed by atoms with Crippen molar-refractivity contribution in [1.29, 1.82) is 0 Å². The standard InChI is InChI=1S/C24H15NO5/c1-28-16-10-8-14(9-11-16)21(26)23-19(15-5-4-12-25-13-15)20-22(30-23)17-6-2-3-7-18(17)29-24(20)27/h2-13H,1H3. The highest BCUT2D eigenvalue weighted by molar-refractivity contribution is 6.18. The first-order valence-corrected chi connectivity index (χ1v) is 9.25. The lowest BCUT2D eigenvalue weighted by Crippen LogP contribution is -2.04. The third-order valence-corrected chi connectivity index (χ3v) is 4.96. The molecule has 0 amide bonds. The van der Waals surface area contributed by atoms with Gasteiger partial charge in [0.15, 0.2) is 11.3 Å². The van der Waals surface area contributed by atoms with Gasteiger partial charge in [-0.2, -0.15) is 0 Å². The normalized spacial score (nSPS) is 11.1. The number of ether oxygens (including phenoxy) is 1. The molecule has 0 aliphatic rings. The van der Waals surface area contributed by atoms with E-state index in [1.165, 1.54) is 0 Å². The predicted molar refractivity (Wildman–Crippen MR) is 112 cm³/mol. The first-order valence-electron chi connectivity index (χ1n) is 9.25. The first kappa shape index (κ1) is 17.9. The average molecular weight is 397 g/mol. The molecule has 6 heteroatoms. The minimum Gasteiger partial charge on any atom is -0.497 e. The summed E-state index contributed by atoms with van der Waals surface area (Å²) in [6.07, 6.45) is 3.21. The number of hydrogen-bond acceptors (Lipinski definition) is 6. The maximum atomic E-state index is 13.4. The van der Waals surface area contributed by atoms with Gasteiger partial charge in [-0.25, -0.2) is 4.79 Å². The minimum absolute atomic E-state index is 0.0619. The predicted octanol–water partition coefficient (Wildman–Crippen LogP) is 4.84. The number of carbonyl (C=O) groups excluding carboxylic acids is 1. The maximum Gasteiger partial charge on any atom is 0.348 e. The van der Waals surface area contributed by atoms with Crippen LogP contribution in [-0.4, -0.2) is 17.9 Å². The molecule has 2 aromatic carbocycles. The summed E-state index contributed by atoms with van der Waals surface area (Å²) in [4.78, 5) is 30.4. The number of hydrogen-bond donors (Lipinski definition) is 0. The molecule has 3 heterocycles. The molecule has 0 aliphatic heterocycles. The smallest absolute Gasteiger partial charge is 0.348 e. The van der Waals surface area contributed by atoms with Crippen molar-refractivity contribution in [2.24, 2.45) is 0 Å². The number of fused-ring (bicyclic) bond motifs is 3. The Balaban J connectivity index is 1.84. The van der Waals surface area contributed by atoms with Crippen molar-refractivity contribution in [3.63, 3.8) is 0 Å². The third-order valence-electron chi connectivity index (χ3n) is 4.96. The Morgan fingerprint density at radius 1 is 0.967 bits per heavy atom. The summed E-state index contributed by atoms with van der Waals surface area (Å²) >= 11 is 0. The zero-order chi connectivity index (χ0) is 20.7. The number of benzene rings is 2. The summed E-state index contributed by atoms with van der Waals surface area (Å²) < 4.78 is 16.7. The summed E-state index contributed by atoms with van der Waals surface area (Å²) in [5, 5.41) is 0.838. The Morgan fingerprint density at radius 3 is 2.50 bits per heavy atom. The van der Waals surface area contributed by atoms with Gasteiger partial charge in [0, 0.05) is 29.1 Å². The molecular weight excluding hydrogens is 382 g/mol. The third kappa shape index (κ3) is 2.78. The molecule has 0 saturated carbocycles. The Morgan fingerprint density at radius 2 is 1.77 bits per heavy atom. The second-order valence-corrected chi connectivity index (χ2v) is 6.70. The minimum atomic E-state index is -0.569. The van der Waals surface area contributed by atoms with E-state index >= 15 is 0 Å². The van der Waals surface area contributed by atoms with Gasteiger partial charge in [0.05, 0.1) is 12.5 Å². The lowest BCUT2D eigenvalue weighted by Gasteiger charge is -2.04. The number of nitrogens with zero attached hydrogens (tertiary/aromatic N) is 1. The number of furan rings is 1. The van der Waals surface area contributed by atoms with Crippen LogP contribution in [0.15, 0.2) is 86.7 Å². The molecule has 30 heavy (non-hydrogen) atoms. The van der Waals surface area contributed by atoms with E-state index in [1.54, 1.807) is 74.1 Å². The largest absolute Gasteiger partial charge is 0.497 e. The van der Waals surface area contributed by atoms with Gasteiger partial charge in [0.25, 0.3) is 0 Å². The number of carbonyl (C=O) groups is 1. The van der Waals surface area contributed by atoms with Crippen LogP contribution < -0.4 is 10.4 Å². The molecule has 0 spiro atoms. The maximum absolute atomic E-state index is 13.4. The quantitative estimate of drug-likeness (QED) is 0.319. The van der Waals surface area contributed by atoms with Gasteiger partial charge in [-0.15, -0.1) is 0 Å². The number of rotatable bonds is 4. The van der Waals surface area contributed by atoms with Crippen molar-refractivity contribution in [3.8, 4) is 16.9 Å². The van der Waals surface area contributed by atoms with E-state index in [1.807, 2.05) is 6.07 Å². The van der Waals surface area contributed by atoms with Crippen LogP contribution in [0.5, 0.6) is 5.75 Å². The van der Waals surface area contributed by atoms with Gasteiger partial charge >= 0.3 is 5.63 Å². The van der Waals surface area contributed by atoms with Crippen molar-refractivity contribution >= 4 is 27.7 Å². The highest BCUT2D eigenvalue weighted by atomic mass is 16.5. The van der Waals surface area contributed by atoms with Gasteiger partial charge in [0.1, 0.15) is 16.7 Å². The molecule has 0 radical (unpaired) electrons. The molecule has 3 aromatic heterocycles. The summed E-state index contributed by atoms with van der Waals surface area (Å²) in [5.41, 5.74) is 1.52. The highest BCUT2D eigenvalue weighted by Gasteiger charge is 2.27. The molecule has 0 saturated heterocycles. The second-order valence-electron chi connectivity index (χ2n) is 6.70. The van der Waals surface area contributed by atoms with Gasteiger partial charge < -0.3 is 13.6 Å². The van der Waals surface area contributed by atoms with Crippen LogP contribution in [-0.2, 0) is 0 Å². The Bertz CT molecular complexity index is 1450. The number of ketones is 1. The summed E-state index contributed by atoms with van der Waals surface area (Å²) in [6.45, 7) is 0. The van der Waals surface area contributed by atoms with Crippen LogP contribution in [0.25, 0.3) is 33.1 Å². The monoisotopic (exact) mass is 397 g/mol. The van der Waals surface area contributed by atoms with Crippen LogP contribution in [0.2, 0.25) is 0 Å². The van der Waals surface area contributed by atoms with Gasteiger partial charge in [-0.1, -0.05) is 18.2 Å². The van der Waals surface area contributed by atoms with Crippen molar-refractivity contribution in [3.05, 3.63) is 94.8 Å². The molecule has 0 aliphatic carbocycles. The molecule has 0 N–H and O–H groups in total. The Hall–Kier alpha value is -4.19. The van der Waals surface area contributed by atoms with Gasteiger partial charge in [-0.05, 0) is 42.5 Å². The molecule has 146 valence electrons. The highest BCUT2D eigenvalue weighted by Crippen LogP contribution is 2.37. The van der Waals surface area contributed by atoms with Crippen LogP contribution in [0, 0.1) is 0 Å². The lowest BCUT2D eigenvalue weighted by atomic mass is 9.99. The van der Waals surface area contributed by atoms with Crippen LogP contribution in [0.1, 0.15) is 16.1 Å². The zero-order valence-electron chi connectivity index (χ0n) is 15.9. The van der Waals surface area contributed by atoms with Crippen LogP contribution >= 0.6 is 0 Å². The molecule has 0 atom stereocenters. The Labute approximate surface area is 170 Å². The average Bonchev–Trinajstić information content (AvgIpc) is 3.21. The van der Waals surface area contributed by atoms with E-state index in [0.717, 1.165) is 0 Å². The van der Waals surface area contributed by atoms with Gasteiger partial charge in [-0.3, -0.25) is 9.78 Å². The van der Waals surface area contributed by atoms with E-state index in [4.69, 9.17) is 13.6 Å². The molecule has 6 nitrogen and oxygen atoms in total. The molecule has 0 unspecified atom stereocenters. The van der Waals surface area contributed by atoms with E-state index in [9.17, 15) is 9.59 Å². The lowest BCUT2D eigenvalue weighted by molar-refractivity contribution is 0.101. The summed E-state index contributed by atoms with van der Waals surface area (Å²) in [6, 6.07) is 17.3. The molecule has 5 aromatic rings. The van der Waals surface area contributed by atoms with Crippen LogP contribution in [0.3, 0.4) is 0 Å². The number of para-hydroxylation sites is 1. The number of pyridine rings is 1. The Kier molecular flexibility index (Phi) is 4.17. The number of aromatic nitrogens is 1. The fraction of sp³-hybridized carbons (Fsp3) is 0.0417. The van der Waals surface area contributed by atoms with Crippen molar-refractivity contribution in [2.75, 3.05) is 7.11 Å². The van der Waals surface area contributed by atoms with Crippen LogP contribution in [0.4, 0.5) is 0 Å². The topological polar surface area (TPSA) is 82.5 Å². The number of methoxy groups -OCH3 is 1. The van der Waals surface area contributed by atoms with E-state index < -0.39 is 5.63 Å². The van der Waals surface area contributed by atoms with E-state index in [0.29, 0.717) is 39.0 Å². The molecule has 0 bridgehead atoms. The fourth-order valence-electron chi connectivity index (χ4n) is 3.53. The van der Waals surface area contributed by atoms with Crippen molar-refractivity contribution < 1.29 is 18.4 Å². The van der Waals surface area contributed by atoms with E-state index in [2.05, 4.69) is 4.98 Å². The molecular formula is C24H15NO5.